The Morgan fingerprint density at radius 2 is 2.06 bits per heavy atom. The topological polar surface area (TPSA) is 123 Å². The third-order valence-corrected chi connectivity index (χ3v) is 2.69. The van der Waals surface area contributed by atoms with Gasteiger partial charge in [0, 0.05) is 6.20 Å². The van der Waals surface area contributed by atoms with Gasteiger partial charge in [0.1, 0.15) is 22.3 Å². The van der Waals surface area contributed by atoms with Crippen LogP contribution in [0.2, 0.25) is 0 Å². The zero-order chi connectivity index (χ0) is 12.5. The lowest BCUT2D eigenvalue weighted by molar-refractivity contribution is 0.147. The Labute approximate surface area is 89.5 Å². The average molecular weight is 248 g/mol. The fourth-order valence-electron chi connectivity index (χ4n) is 1.08. The van der Waals surface area contributed by atoms with Crippen molar-refractivity contribution in [2.24, 2.45) is 5.14 Å². The van der Waals surface area contributed by atoms with Gasteiger partial charge in [0.2, 0.25) is 10.0 Å². The molecule has 0 saturated heterocycles. The average Bonchev–Trinajstić information content (AvgIpc) is 2.14. The number of nitriles is 1. The molecule has 1 rings (SSSR count). The number of primary sulfonamides is 1. The van der Waals surface area contributed by atoms with Crippen LogP contribution in [0.1, 0.15) is 17.6 Å². The molecular formula is C7H6F2N4O2S. The molecule has 1 heterocycles. The zero-order valence-electron chi connectivity index (χ0n) is 7.68. The molecule has 1 aromatic heterocycles. The van der Waals surface area contributed by atoms with Crippen LogP contribution in [0.5, 0.6) is 0 Å². The van der Waals surface area contributed by atoms with Gasteiger partial charge in [-0.3, -0.25) is 0 Å². The van der Waals surface area contributed by atoms with Gasteiger partial charge in [-0.15, -0.1) is 0 Å². The zero-order valence-corrected chi connectivity index (χ0v) is 8.50. The maximum atomic E-state index is 12.6. The highest BCUT2D eigenvalue weighted by molar-refractivity contribution is 7.89. The molecule has 1 aromatic rings. The van der Waals surface area contributed by atoms with Gasteiger partial charge >= 0.3 is 0 Å². The summed E-state index contributed by atoms with van der Waals surface area (Å²) in [7, 11) is -4.38. The first-order valence-electron chi connectivity index (χ1n) is 3.78. The molecule has 4 N–H and O–H groups in total. The second-order valence-corrected chi connectivity index (χ2v) is 4.28. The third kappa shape index (κ3) is 2.07. The molecule has 0 saturated carbocycles. The summed E-state index contributed by atoms with van der Waals surface area (Å²) in [5, 5.41) is 13.3. The van der Waals surface area contributed by atoms with Gasteiger partial charge in [0.15, 0.2) is 0 Å². The Kier molecular flexibility index (Phi) is 3.06. The Hall–Kier alpha value is -1.79. The first-order valence-corrected chi connectivity index (χ1v) is 5.33. The first kappa shape index (κ1) is 12.3. The van der Waals surface area contributed by atoms with E-state index >= 15 is 0 Å². The largest absolute Gasteiger partial charge is 0.383 e. The number of sulfonamides is 1. The summed E-state index contributed by atoms with van der Waals surface area (Å²) in [6, 6.07) is 1.37. The van der Waals surface area contributed by atoms with Crippen molar-refractivity contribution >= 4 is 15.8 Å². The van der Waals surface area contributed by atoms with Gasteiger partial charge in [-0.05, 0) is 0 Å². The molecule has 0 aliphatic rings. The van der Waals surface area contributed by atoms with Crippen molar-refractivity contribution in [2.75, 3.05) is 5.73 Å². The summed E-state index contributed by atoms with van der Waals surface area (Å²) in [4.78, 5) is 2.43. The minimum absolute atomic E-state index is 0.467. The highest BCUT2D eigenvalue weighted by Crippen LogP contribution is 2.30. The smallest absolute Gasteiger partial charge is 0.266 e. The summed E-state index contributed by atoms with van der Waals surface area (Å²) >= 11 is 0. The van der Waals surface area contributed by atoms with Crippen LogP contribution in [0.25, 0.3) is 0 Å². The number of nitrogens with zero attached hydrogens (tertiary/aromatic N) is 2. The number of nitrogens with two attached hydrogens (primary N) is 2. The molecule has 0 spiro atoms. The van der Waals surface area contributed by atoms with E-state index in [2.05, 4.69) is 4.98 Å². The molecule has 0 aromatic carbocycles. The van der Waals surface area contributed by atoms with Crippen molar-refractivity contribution in [3.8, 4) is 6.07 Å². The maximum absolute atomic E-state index is 12.6. The van der Waals surface area contributed by atoms with Gasteiger partial charge in [0.25, 0.3) is 6.43 Å². The number of aromatic nitrogens is 1. The number of halogens is 2. The number of nitrogen functional groups attached to an aromatic ring is 1. The van der Waals surface area contributed by atoms with Gasteiger partial charge in [-0.1, -0.05) is 0 Å². The van der Waals surface area contributed by atoms with Crippen LogP contribution in [0.15, 0.2) is 11.1 Å². The highest BCUT2D eigenvalue weighted by Gasteiger charge is 2.26. The van der Waals surface area contributed by atoms with Crippen LogP contribution >= 0.6 is 0 Å². The normalized spacial score (nSPS) is 11.4. The van der Waals surface area contributed by atoms with Crippen molar-refractivity contribution < 1.29 is 17.2 Å². The number of rotatable bonds is 2. The number of alkyl halides is 2. The molecule has 6 nitrogen and oxygen atoms in total. The summed E-state index contributed by atoms with van der Waals surface area (Å²) in [6.45, 7) is 0. The molecule has 0 aliphatic carbocycles. The Morgan fingerprint density at radius 1 is 1.50 bits per heavy atom. The van der Waals surface area contributed by atoms with Gasteiger partial charge in [-0.25, -0.2) is 27.3 Å². The number of hydrogen-bond donors (Lipinski definition) is 2. The van der Waals surface area contributed by atoms with Crippen LogP contribution in [-0.4, -0.2) is 13.4 Å². The minimum Gasteiger partial charge on any atom is -0.383 e. The van der Waals surface area contributed by atoms with Crippen molar-refractivity contribution in [1.82, 2.24) is 4.98 Å². The van der Waals surface area contributed by atoms with Crippen LogP contribution < -0.4 is 10.9 Å². The number of pyridine rings is 1. The summed E-state index contributed by atoms with van der Waals surface area (Å²) in [6.07, 6.45) is -2.58. The molecule has 0 fully saturated rings. The third-order valence-electron chi connectivity index (χ3n) is 1.75. The van der Waals surface area contributed by atoms with E-state index in [1.54, 1.807) is 0 Å². The SMILES string of the molecule is N#Cc1c(N)ncc(S(N)(=O)=O)c1C(F)F. The molecule has 0 atom stereocenters. The fraction of sp³-hybridized carbons (Fsp3) is 0.143. The Morgan fingerprint density at radius 3 is 2.44 bits per heavy atom. The van der Waals surface area contributed by atoms with Crippen LogP contribution in [-0.2, 0) is 10.0 Å². The van der Waals surface area contributed by atoms with Gasteiger partial charge in [-0.2, -0.15) is 5.26 Å². The van der Waals surface area contributed by atoms with E-state index < -0.39 is 38.3 Å². The number of anilines is 1. The van der Waals surface area contributed by atoms with Crippen LogP contribution in [0, 0.1) is 11.3 Å². The second kappa shape index (κ2) is 3.99. The van der Waals surface area contributed by atoms with Crippen molar-refractivity contribution in [3.05, 3.63) is 17.3 Å². The predicted octanol–water partition coefficient (Wildman–Crippen LogP) is 0.120. The lowest BCUT2D eigenvalue weighted by atomic mass is 10.1. The second-order valence-electron chi connectivity index (χ2n) is 2.75. The van der Waals surface area contributed by atoms with Gasteiger partial charge < -0.3 is 5.73 Å². The van der Waals surface area contributed by atoms with E-state index in [1.807, 2.05) is 0 Å². The van der Waals surface area contributed by atoms with E-state index in [1.165, 1.54) is 6.07 Å². The molecule has 9 heteroatoms. The first-order chi connectivity index (χ1) is 7.29. The fourth-order valence-corrected chi connectivity index (χ4v) is 1.78. The lowest BCUT2D eigenvalue weighted by Crippen LogP contribution is -2.17. The van der Waals surface area contributed by atoms with E-state index in [4.69, 9.17) is 16.1 Å². The molecule has 16 heavy (non-hydrogen) atoms. The summed E-state index contributed by atoms with van der Waals surface area (Å²) in [5.41, 5.74) is 3.48. The van der Waals surface area contributed by atoms with E-state index in [-0.39, 0.29) is 0 Å². The minimum atomic E-state index is -4.38. The van der Waals surface area contributed by atoms with E-state index in [9.17, 15) is 17.2 Å². The summed E-state index contributed by atoms with van der Waals surface area (Å²) < 4.78 is 47.2. The molecule has 86 valence electrons. The monoisotopic (exact) mass is 248 g/mol. The lowest BCUT2D eigenvalue weighted by Gasteiger charge is -2.09. The molecule has 0 radical (unpaired) electrons. The Balaban J connectivity index is 3.74. The van der Waals surface area contributed by atoms with Crippen molar-refractivity contribution in [3.63, 3.8) is 0 Å². The van der Waals surface area contributed by atoms with E-state index in [0.717, 1.165) is 0 Å². The Bertz CT molecular complexity index is 564. The quantitative estimate of drug-likeness (QED) is 0.769. The van der Waals surface area contributed by atoms with E-state index in [0.29, 0.717) is 6.20 Å². The molecule has 0 bridgehead atoms. The van der Waals surface area contributed by atoms with Crippen LogP contribution in [0.3, 0.4) is 0 Å². The predicted molar refractivity (Wildman–Crippen MR) is 49.7 cm³/mol. The van der Waals surface area contributed by atoms with Gasteiger partial charge in [0.05, 0.1) is 5.56 Å². The van der Waals surface area contributed by atoms with Crippen molar-refractivity contribution in [1.29, 1.82) is 5.26 Å². The standard InChI is InChI=1S/C7H6F2N4O2S/c8-6(9)5-3(1-10)7(11)13-2-4(5)16(12,14)15/h2,6H,(H2,11,13)(H2,12,14,15). The highest BCUT2D eigenvalue weighted by atomic mass is 32.2. The van der Waals surface area contributed by atoms with Crippen LogP contribution in [0.4, 0.5) is 14.6 Å². The molecule has 0 aliphatic heterocycles. The molecule has 0 unspecified atom stereocenters. The van der Waals surface area contributed by atoms with Crippen molar-refractivity contribution in [2.45, 2.75) is 11.3 Å². The molecular weight excluding hydrogens is 242 g/mol. The number of hydrogen-bond acceptors (Lipinski definition) is 5. The molecule has 0 amide bonds. The maximum Gasteiger partial charge on any atom is 0.266 e. The summed E-state index contributed by atoms with van der Waals surface area (Å²) in [5.74, 6) is -0.467.